The molecule has 1 aromatic rings. The highest BCUT2D eigenvalue weighted by Gasteiger charge is 2.41. The van der Waals surface area contributed by atoms with Gasteiger partial charge < -0.3 is 0 Å². The predicted octanol–water partition coefficient (Wildman–Crippen LogP) is 2.60. The Hall–Kier alpha value is -1.41. The normalized spacial score (nSPS) is 18.2. The smallest absolute Gasteiger partial charge is 0.258 e. The van der Waals surface area contributed by atoms with Crippen molar-refractivity contribution in [1.82, 2.24) is 0 Å². The van der Waals surface area contributed by atoms with Crippen molar-refractivity contribution in [3.63, 3.8) is 0 Å². The van der Waals surface area contributed by atoms with Gasteiger partial charge in [-0.15, -0.1) is 0 Å². The van der Waals surface area contributed by atoms with E-state index in [1.807, 2.05) is 0 Å². The van der Waals surface area contributed by atoms with Gasteiger partial charge in [-0.25, -0.2) is 0 Å². The standard InChI is InChI=1S/C9H8N2O2S/c10-6-9(4-1-5-9)7-2-3-8(14-7)11(12)13/h2-3H,1,4-5H2. The zero-order chi connectivity index (χ0) is 10.2. The van der Waals surface area contributed by atoms with E-state index in [1.165, 1.54) is 6.07 Å². The number of nitro groups is 1. The van der Waals surface area contributed by atoms with Gasteiger partial charge in [-0.05, 0) is 25.3 Å². The van der Waals surface area contributed by atoms with Gasteiger partial charge in [0, 0.05) is 10.9 Å². The van der Waals surface area contributed by atoms with Crippen LogP contribution in [0.5, 0.6) is 0 Å². The summed E-state index contributed by atoms with van der Waals surface area (Å²) in [7, 11) is 0. The number of nitrogens with zero attached hydrogens (tertiary/aromatic N) is 2. The molecule has 0 unspecified atom stereocenters. The summed E-state index contributed by atoms with van der Waals surface area (Å²) < 4.78 is 0. The fraction of sp³-hybridized carbons (Fsp3) is 0.444. The lowest BCUT2D eigenvalue weighted by Crippen LogP contribution is -2.31. The lowest BCUT2D eigenvalue weighted by atomic mass is 9.69. The number of hydrogen-bond acceptors (Lipinski definition) is 4. The minimum atomic E-state index is -0.418. The molecule has 1 saturated carbocycles. The molecule has 0 N–H and O–H groups in total. The molecule has 0 aliphatic heterocycles. The molecule has 1 heterocycles. The summed E-state index contributed by atoms with van der Waals surface area (Å²) in [6.07, 6.45) is 2.71. The highest BCUT2D eigenvalue weighted by molar-refractivity contribution is 7.15. The van der Waals surface area contributed by atoms with E-state index in [4.69, 9.17) is 5.26 Å². The lowest BCUT2D eigenvalue weighted by molar-refractivity contribution is -0.380. The van der Waals surface area contributed by atoms with Crippen molar-refractivity contribution in [3.8, 4) is 6.07 Å². The third kappa shape index (κ3) is 1.19. The van der Waals surface area contributed by atoms with Crippen molar-refractivity contribution in [2.75, 3.05) is 0 Å². The first kappa shape index (κ1) is 9.16. The lowest BCUT2D eigenvalue weighted by Gasteiger charge is -2.33. The topological polar surface area (TPSA) is 66.9 Å². The van der Waals surface area contributed by atoms with Crippen molar-refractivity contribution in [3.05, 3.63) is 27.1 Å². The average Bonchev–Trinajstić information content (AvgIpc) is 2.52. The summed E-state index contributed by atoms with van der Waals surface area (Å²) >= 11 is 1.13. The van der Waals surface area contributed by atoms with Crippen molar-refractivity contribution < 1.29 is 4.92 Å². The summed E-state index contributed by atoms with van der Waals surface area (Å²) in [5.74, 6) is 0. The quantitative estimate of drug-likeness (QED) is 0.554. The second kappa shape index (κ2) is 3.07. The number of rotatable bonds is 2. The predicted molar refractivity (Wildman–Crippen MR) is 52.1 cm³/mol. The van der Waals surface area contributed by atoms with E-state index < -0.39 is 10.3 Å². The minimum absolute atomic E-state index is 0.126. The van der Waals surface area contributed by atoms with Crippen LogP contribution in [0.15, 0.2) is 12.1 Å². The largest absolute Gasteiger partial charge is 0.324 e. The maximum atomic E-state index is 10.5. The van der Waals surface area contributed by atoms with E-state index in [9.17, 15) is 10.1 Å². The summed E-state index contributed by atoms with van der Waals surface area (Å²) in [6, 6.07) is 5.47. The molecule has 1 aromatic heterocycles. The molecule has 0 atom stereocenters. The molecule has 72 valence electrons. The monoisotopic (exact) mass is 208 g/mol. The maximum Gasteiger partial charge on any atom is 0.324 e. The van der Waals surface area contributed by atoms with Gasteiger partial charge in [0.25, 0.3) is 0 Å². The molecule has 1 aliphatic carbocycles. The van der Waals surface area contributed by atoms with Gasteiger partial charge in [0.15, 0.2) is 0 Å². The van der Waals surface area contributed by atoms with Crippen LogP contribution in [-0.2, 0) is 5.41 Å². The zero-order valence-corrected chi connectivity index (χ0v) is 8.21. The molecule has 0 aromatic carbocycles. The van der Waals surface area contributed by atoms with Gasteiger partial charge >= 0.3 is 5.00 Å². The molecule has 14 heavy (non-hydrogen) atoms. The van der Waals surface area contributed by atoms with Gasteiger partial charge in [0.1, 0.15) is 0 Å². The number of nitriles is 1. The van der Waals surface area contributed by atoms with E-state index in [0.29, 0.717) is 0 Å². The fourth-order valence-electron chi connectivity index (χ4n) is 1.63. The van der Waals surface area contributed by atoms with Gasteiger partial charge in [0.05, 0.1) is 16.4 Å². The Morgan fingerprint density at radius 1 is 1.57 bits per heavy atom. The molecule has 5 heteroatoms. The van der Waals surface area contributed by atoms with Crippen LogP contribution in [0.25, 0.3) is 0 Å². The molecule has 4 nitrogen and oxygen atoms in total. The Balaban J connectivity index is 2.33. The second-order valence-corrected chi connectivity index (χ2v) is 4.50. The van der Waals surface area contributed by atoms with Gasteiger partial charge in [0.2, 0.25) is 0 Å². The molecule has 0 radical (unpaired) electrons. The van der Waals surface area contributed by atoms with Crippen LogP contribution >= 0.6 is 11.3 Å². The molecule has 0 amide bonds. The van der Waals surface area contributed by atoms with E-state index >= 15 is 0 Å². The van der Waals surface area contributed by atoms with Crippen molar-refractivity contribution in [2.24, 2.45) is 0 Å². The third-order valence-corrected chi connectivity index (χ3v) is 3.91. The molecular formula is C9H8N2O2S. The zero-order valence-electron chi connectivity index (χ0n) is 7.40. The summed E-state index contributed by atoms with van der Waals surface area (Å²) in [5.41, 5.74) is -0.418. The number of thiophene rings is 1. The van der Waals surface area contributed by atoms with Crippen molar-refractivity contribution >= 4 is 16.3 Å². The van der Waals surface area contributed by atoms with E-state index in [0.717, 1.165) is 35.5 Å². The fourth-order valence-corrected chi connectivity index (χ4v) is 2.64. The third-order valence-electron chi connectivity index (χ3n) is 2.66. The van der Waals surface area contributed by atoms with Crippen LogP contribution in [0.4, 0.5) is 5.00 Å². The van der Waals surface area contributed by atoms with Gasteiger partial charge in [-0.2, -0.15) is 5.26 Å². The Morgan fingerprint density at radius 3 is 2.64 bits per heavy atom. The molecule has 0 bridgehead atoms. The highest BCUT2D eigenvalue weighted by atomic mass is 32.1. The first-order valence-corrected chi connectivity index (χ1v) is 5.15. The van der Waals surface area contributed by atoms with Crippen LogP contribution in [0, 0.1) is 21.4 Å². The van der Waals surface area contributed by atoms with Crippen LogP contribution in [0.2, 0.25) is 0 Å². The Bertz CT molecular complexity index is 415. The van der Waals surface area contributed by atoms with Crippen LogP contribution in [-0.4, -0.2) is 4.92 Å². The van der Waals surface area contributed by atoms with Crippen LogP contribution in [0.1, 0.15) is 24.1 Å². The summed E-state index contributed by atoms with van der Waals surface area (Å²) in [6.45, 7) is 0. The second-order valence-electron chi connectivity index (χ2n) is 3.44. The molecule has 0 spiro atoms. The minimum Gasteiger partial charge on any atom is -0.258 e. The Kier molecular flexibility index (Phi) is 2.01. The number of hydrogen-bond donors (Lipinski definition) is 0. The Morgan fingerprint density at radius 2 is 2.29 bits per heavy atom. The average molecular weight is 208 g/mol. The molecule has 1 fully saturated rings. The van der Waals surface area contributed by atoms with E-state index in [-0.39, 0.29) is 5.00 Å². The van der Waals surface area contributed by atoms with Crippen molar-refractivity contribution in [2.45, 2.75) is 24.7 Å². The molecule has 0 saturated heterocycles. The summed E-state index contributed by atoms with van der Waals surface area (Å²) in [4.78, 5) is 10.9. The first-order chi connectivity index (χ1) is 6.68. The van der Waals surface area contributed by atoms with Gasteiger partial charge in [-0.1, -0.05) is 11.3 Å². The first-order valence-electron chi connectivity index (χ1n) is 4.34. The molecular weight excluding hydrogens is 200 g/mol. The van der Waals surface area contributed by atoms with Crippen LogP contribution < -0.4 is 0 Å². The molecule has 2 rings (SSSR count). The SMILES string of the molecule is N#CC1(c2ccc([N+](=O)[O-])s2)CCC1. The Labute approximate surface area is 84.9 Å². The van der Waals surface area contributed by atoms with Gasteiger partial charge in [-0.3, -0.25) is 10.1 Å². The maximum absolute atomic E-state index is 10.5. The van der Waals surface area contributed by atoms with Crippen LogP contribution in [0.3, 0.4) is 0 Å². The van der Waals surface area contributed by atoms with E-state index in [1.54, 1.807) is 6.07 Å². The van der Waals surface area contributed by atoms with E-state index in [2.05, 4.69) is 6.07 Å². The summed E-state index contributed by atoms with van der Waals surface area (Å²) in [5, 5.41) is 19.6. The highest BCUT2D eigenvalue weighted by Crippen LogP contribution is 2.46. The molecule has 1 aliphatic rings. The van der Waals surface area contributed by atoms with Crippen molar-refractivity contribution in [1.29, 1.82) is 5.26 Å².